The van der Waals surface area contributed by atoms with Crippen LogP contribution in [0.1, 0.15) is 65.0 Å². The number of nitrogens with one attached hydrogen (secondary N) is 2. The van der Waals surface area contributed by atoms with Gasteiger partial charge in [0.25, 0.3) is 0 Å². The molecule has 0 radical (unpaired) electrons. The maximum Gasteiger partial charge on any atom is 0.408 e. The first kappa shape index (κ1) is 18.3. The molecule has 1 fully saturated rings. The minimum Gasteiger partial charge on any atom is -0.444 e. The Balaban J connectivity index is 1.90. The van der Waals surface area contributed by atoms with Crippen LogP contribution < -0.4 is 10.6 Å². The summed E-state index contributed by atoms with van der Waals surface area (Å²) >= 11 is 0. The van der Waals surface area contributed by atoms with Gasteiger partial charge in [0.1, 0.15) is 5.60 Å². The van der Waals surface area contributed by atoms with E-state index in [1.165, 1.54) is 0 Å². The number of hydrogen-bond donors (Lipinski definition) is 2. The summed E-state index contributed by atoms with van der Waals surface area (Å²) in [5.74, 6) is -0.0536. The molecule has 1 atom stereocenters. The predicted molar refractivity (Wildman–Crippen MR) is 93.6 cm³/mol. The van der Waals surface area contributed by atoms with Crippen LogP contribution in [-0.2, 0) is 9.53 Å². The Kier molecular flexibility index (Phi) is 5.52. The van der Waals surface area contributed by atoms with E-state index < -0.39 is 17.2 Å². The van der Waals surface area contributed by atoms with Crippen molar-refractivity contribution in [1.29, 1.82) is 0 Å². The van der Waals surface area contributed by atoms with Gasteiger partial charge in [-0.3, -0.25) is 4.79 Å². The molecular weight excluding hydrogens is 304 g/mol. The standard InChI is InChI=1S/C19H28N2O3/c1-14(15-9-6-5-7-10-15)20-16(22)13-19(11-8-12-19)21-17(23)24-18(2,3)4/h5-7,9-10,14H,8,11-13H2,1-4H3,(H,20,22)(H,21,23)/t14-/m1/s1. The lowest BCUT2D eigenvalue weighted by Crippen LogP contribution is -2.56. The number of carbonyl (C=O) groups is 2. The Hall–Kier alpha value is -2.04. The first-order chi connectivity index (χ1) is 11.2. The van der Waals surface area contributed by atoms with Crippen LogP contribution in [0.25, 0.3) is 0 Å². The largest absolute Gasteiger partial charge is 0.444 e. The molecule has 0 spiro atoms. The molecule has 1 aromatic carbocycles. The molecule has 0 saturated heterocycles. The van der Waals surface area contributed by atoms with Gasteiger partial charge in [0.2, 0.25) is 5.91 Å². The van der Waals surface area contributed by atoms with Crippen LogP contribution in [0.4, 0.5) is 4.79 Å². The maximum atomic E-state index is 12.4. The third-order valence-electron chi connectivity index (χ3n) is 4.25. The van der Waals surface area contributed by atoms with Gasteiger partial charge < -0.3 is 15.4 Å². The molecule has 2 rings (SSSR count). The van der Waals surface area contributed by atoms with Gasteiger partial charge in [0.05, 0.1) is 11.6 Å². The van der Waals surface area contributed by atoms with E-state index in [-0.39, 0.29) is 18.4 Å². The molecule has 2 N–H and O–H groups in total. The molecule has 0 aromatic heterocycles. The smallest absolute Gasteiger partial charge is 0.408 e. The zero-order valence-corrected chi connectivity index (χ0v) is 15.0. The van der Waals surface area contributed by atoms with Gasteiger partial charge in [-0.1, -0.05) is 30.3 Å². The number of benzene rings is 1. The summed E-state index contributed by atoms with van der Waals surface area (Å²) < 4.78 is 5.32. The molecule has 1 saturated carbocycles. The van der Waals surface area contributed by atoms with Crippen molar-refractivity contribution in [3.05, 3.63) is 35.9 Å². The quantitative estimate of drug-likeness (QED) is 0.864. The summed E-state index contributed by atoms with van der Waals surface area (Å²) in [6, 6.07) is 9.78. The second-order valence-corrected chi connectivity index (χ2v) is 7.64. The van der Waals surface area contributed by atoms with E-state index in [9.17, 15) is 9.59 Å². The molecule has 5 heteroatoms. The van der Waals surface area contributed by atoms with Crippen molar-refractivity contribution in [3.63, 3.8) is 0 Å². The number of carbonyl (C=O) groups excluding carboxylic acids is 2. The fourth-order valence-electron chi connectivity index (χ4n) is 2.89. The van der Waals surface area contributed by atoms with E-state index >= 15 is 0 Å². The van der Waals surface area contributed by atoms with E-state index in [1.807, 2.05) is 58.0 Å². The van der Waals surface area contributed by atoms with Crippen LogP contribution in [0.2, 0.25) is 0 Å². The lowest BCUT2D eigenvalue weighted by molar-refractivity contribution is -0.124. The molecule has 2 amide bonds. The highest BCUT2D eigenvalue weighted by molar-refractivity contribution is 5.79. The number of alkyl carbamates (subject to hydrolysis) is 1. The van der Waals surface area contributed by atoms with E-state index in [0.717, 1.165) is 24.8 Å². The Bertz CT molecular complexity index is 574. The van der Waals surface area contributed by atoms with E-state index in [0.29, 0.717) is 0 Å². The summed E-state index contributed by atoms with van der Waals surface area (Å²) in [5, 5.41) is 5.92. The van der Waals surface area contributed by atoms with Crippen molar-refractivity contribution in [2.75, 3.05) is 0 Å². The van der Waals surface area contributed by atoms with Crippen molar-refractivity contribution >= 4 is 12.0 Å². The molecule has 0 aliphatic heterocycles. The molecule has 0 heterocycles. The van der Waals surface area contributed by atoms with Gasteiger partial charge >= 0.3 is 6.09 Å². The van der Waals surface area contributed by atoms with Crippen LogP contribution in [0, 0.1) is 0 Å². The SMILES string of the molecule is C[C@@H](NC(=O)CC1(NC(=O)OC(C)(C)C)CCC1)c1ccccc1. The van der Waals surface area contributed by atoms with Crippen LogP contribution in [0.15, 0.2) is 30.3 Å². The van der Waals surface area contributed by atoms with Gasteiger partial charge in [-0.2, -0.15) is 0 Å². The lowest BCUT2D eigenvalue weighted by atomic mass is 9.74. The minimum absolute atomic E-state index is 0.0536. The van der Waals surface area contributed by atoms with Crippen LogP contribution >= 0.6 is 0 Å². The summed E-state index contributed by atoms with van der Waals surface area (Å²) in [6.45, 7) is 7.44. The third kappa shape index (κ3) is 5.25. The Morgan fingerprint density at radius 1 is 1.21 bits per heavy atom. The Morgan fingerprint density at radius 2 is 1.83 bits per heavy atom. The molecule has 0 unspecified atom stereocenters. The highest BCUT2D eigenvalue weighted by atomic mass is 16.6. The molecule has 1 aromatic rings. The maximum absolute atomic E-state index is 12.4. The second kappa shape index (κ2) is 7.24. The lowest BCUT2D eigenvalue weighted by Gasteiger charge is -2.42. The van der Waals surface area contributed by atoms with Gasteiger partial charge in [-0.15, -0.1) is 0 Å². The van der Waals surface area contributed by atoms with Gasteiger partial charge in [0, 0.05) is 6.42 Å². The predicted octanol–water partition coefficient (Wildman–Crippen LogP) is 3.70. The van der Waals surface area contributed by atoms with Gasteiger partial charge in [-0.25, -0.2) is 4.79 Å². The van der Waals surface area contributed by atoms with E-state index in [2.05, 4.69) is 10.6 Å². The zero-order chi connectivity index (χ0) is 17.8. The fraction of sp³-hybridized carbons (Fsp3) is 0.579. The monoisotopic (exact) mass is 332 g/mol. The molecule has 0 bridgehead atoms. The molecule has 1 aliphatic rings. The second-order valence-electron chi connectivity index (χ2n) is 7.64. The molecule has 1 aliphatic carbocycles. The van der Waals surface area contributed by atoms with Crippen molar-refractivity contribution in [3.8, 4) is 0 Å². The van der Waals surface area contributed by atoms with Crippen molar-refractivity contribution in [2.45, 2.75) is 70.6 Å². The number of hydrogen-bond acceptors (Lipinski definition) is 3. The van der Waals surface area contributed by atoms with Crippen molar-refractivity contribution in [1.82, 2.24) is 10.6 Å². The van der Waals surface area contributed by atoms with Crippen LogP contribution in [0.5, 0.6) is 0 Å². The summed E-state index contributed by atoms with van der Waals surface area (Å²) in [6.07, 6.45) is 2.45. The average Bonchev–Trinajstić information content (AvgIpc) is 2.43. The van der Waals surface area contributed by atoms with Crippen LogP contribution in [0.3, 0.4) is 0 Å². The first-order valence-electron chi connectivity index (χ1n) is 8.55. The minimum atomic E-state index is -0.543. The highest BCUT2D eigenvalue weighted by Gasteiger charge is 2.41. The van der Waals surface area contributed by atoms with Gasteiger partial charge in [0.15, 0.2) is 0 Å². The van der Waals surface area contributed by atoms with Crippen molar-refractivity contribution in [2.24, 2.45) is 0 Å². The van der Waals surface area contributed by atoms with Crippen molar-refractivity contribution < 1.29 is 14.3 Å². The topological polar surface area (TPSA) is 67.4 Å². The first-order valence-corrected chi connectivity index (χ1v) is 8.55. The Labute approximate surface area is 144 Å². The average molecular weight is 332 g/mol. The third-order valence-corrected chi connectivity index (χ3v) is 4.25. The summed E-state index contributed by atoms with van der Waals surface area (Å²) in [5.41, 5.74) is 0.0516. The fourth-order valence-corrected chi connectivity index (χ4v) is 2.89. The normalized spacial score (nSPS) is 17.3. The Morgan fingerprint density at radius 3 is 2.33 bits per heavy atom. The molecular formula is C19H28N2O3. The summed E-state index contributed by atoms with van der Waals surface area (Å²) in [7, 11) is 0. The van der Waals surface area contributed by atoms with E-state index in [1.54, 1.807) is 0 Å². The van der Waals surface area contributed by atoms with Gasteiger partial charge in [-0.05, 0) is 52.5 Å². The summed E-state index contributed by atoms with van der Waals surface area (Å²) in [4.78, 5) is 24.4. The number of ether oxygens (including phenoxy) is 1. The molecule has 24 heavy (non-hydrogen) atoms. The molecule has 5 nitrogen and oxygen atoms in total. The molecule has 132 valence electrons. The zero-order valence-electron chi connectivity index (χ0n) is 15.0. The highest BCUT2D eigenvalue weighted by Crippen LogP contribution is 2.35. The van der Waals surface area contributed by atoms with E-state index in [4.69, 9.17) is 4.74 Å². The van der Waals surface area contributed by atoms with Crippen LogP contribution in [-0.4, -0.2) is 23.1 Å². The number of rotatable bonds is 5. The number of amides is 2.